The number of ketones is 2. The second-order valence-electron chi connectivity index (χ2n) is 10.2. The normalized spacial score (nSPS) is 27.2. The van der Waals surface area contributed by atoms with Crippen molar-refractivity contribution in [3.8, 4) is 0 Å². The van der Waals surface area contributed by atoms with Crippen LogP contribution < -0.4 is 4.90 Å². The van der Waals surface area contributed by atoms with Gasteiger partial charge in [-0.2, -0.15) is 0 Å². The number of nitrogens with zero attached hydrogens (tertiary/aromatic N) is 1. The Kier molecular flexibility index (Phi) is 5.49. The first kappa shape index (κ1) is 23.6. The molecule has 4 aliphatic rings. The Morgan fingerprint density at radius 1 is 1.00 bits per heavy atom. The number of Topliss-reactive ketones (excluding diaryl/α,β-unsaturated/α-hetero) is 1. The fraction of sp³-hybridized carbons (Fsp3) is 0.333. The third kappa shape index (κ3) is 3.44. The Morgan fingerprint density at radius 2 is 1.76 bits per heavy atom. The van der Waals surface area contributed by atoms with E-state index in [0.29, 0.717) is 40.3 Å². The van der Waals surface area contributed by atoms with E-state index in [1.165, 1.54) is 11.0 Å². The molecule has 7 nitrogen and oxygen atoms in total. The molecule has 2 heterocycles. The molecule has 2 amide bonds. The molecule has 1 aromatic heterocycles. The Balaban J connectivity index is 1.45. The van der Waals surface area contributed by atoms with Crippen LogP contribution in [0.5, 0.6) is 0 Å². The highest BCUT2D eigenvalue weighted by molar-refractivity contribution is 6.25. The molecule has 7 heteroatoms. The Morgan fingerprint density at radius 3 is 2.43 bits per heavy atom. The van der Waals surface area contributed by atoms with E-state index in [2.05, 4.69) is 0 Å². The second kappa shape index (κ2) is 8.63. The molecular weight excluding hydrogens is 470 g/mol. The molecule has 0 saturated carbocycles. The first-order valence-electron chi connectivity index (χ1n) is 12.7. The zero-order valence-corrected chi connectivity index (χ0v) is 20.7. The standard InChI is InChI=1S/C30H27NO6/c1-3-16-4-6-17(7-5-16)31-29(35)20-10-9-19-21(25(20)30(31)36)13-22-26(23(33)12-15(2)28(22)34)27(19)24-11-8-18(14-32)37-24/h4-9,11-12,20-21,25,27,32H,3,10,13-14H2,1-2H3/t20-,21+,25-,27+/m0/s1. The fourth-order valence-corrected chi connectivity index (χ4v) is 6.48. The highest BCUT2D eigenvalue weighted by Crippen LogP contribution is 2.55. The number of imide groups is 1. The van der Waals surface area contributed by atoms with E-state index in [1.807, 2.05) is 25.1 Å². The zero-order chi connectivity index (χ0) is 26.0. The number of anilines is 1. The van der Waals surface area contributed by atoms with Crippen LogP contribution in [-0.2, 0) is 32.2 Å². The molecule has 0 spiro atoms. The van der Waals surface area contributed by atoms with Crippen LogP contribution in [0.15, 0.2) is 75.3 Å². The van der Waals surface area contributed by atoms with Crippen molar-refractivity contribution >= 4 is 29.1 Å². The molecule has 37 heavy (non-hydrogen) atoms. The molecule has 4 atom stereocenters. The van der Waals surface area contributed by atoms with Crippen LogP contribution in [0.3, 0.4) is 0 Å². The molecule has 1 saturated heterocycles. The molecule has 188 valence electrons. The molecule has 2 aromatic rings. The number of hydrogen-bond donors (Lipinski definition) is 1. The van der Waals surface area contributed by atoms with E-state index in [-0.39, 0.29) is 36.4 Å². The number of aliphatic hydroxyl groups excluding tert-OH is 1. The summed E-state index contributed by atoms with van der Waals surface area (Å²) in [6.45, 7) is 3.37. The van der Waals surface area contributed by atoms with Crippen molar-refractivity contribution in [3.05, 3.63) is 87.9 Å². The van der Waals surface area contributed by atoms with Crippen LogP contribution in [0, 0.1) is 17.8 Å². The predicted octanol–water partition coefficient (Wildman–Crippen LogP) is 3.97. The van der Waals surface area contributed by atoms with Gasteiger partial charge in [0.15, 0.2) is 11.6 Å². The molecule has 1 N–H and O–H groups in total. The number of carbonyl (C=O) groups is 4. The van der Waals surface area contributed by atoms with E-state index in [1.54, 1.807) is 31.2 Å². The maximum atomic E-state index is 13.9. The van der Waals surface area contributed by atoms with Gasteiger partial charge in [-0.25, -0.2) is 0 Å². The summed E-state index contributed by atoms with van der Waals surface area (Å²) in [6.07, 6.45) is 4.77. The molecule has 3 aliphatic carbocycles. The lowest BCUT2D eigenvalue weighted by atomic mass is 9.60. The summed E-state index contributed by atoms with van der Waals surface area (Å²) in [7, 11) is 0. The van der Waals surface area contributed by atoms with Gasteiger partial charge in [0.05, 0.1) is 23.4 Å². The van der Waals surface area contributed by atoms with Crippen molar-refractivity contribution in [1.29, 1.82) is 0 Å². The number of hydrogen-bond acceptors (Lipinski definition) is 6. The van der Waals surface area contributed by atoms with Gasteiger partial charge in [0, 0.05) is 16.7 Å². The van der Waals surface area contributed by atoms with Crippen LogP contribution in [0.4, 0.5) is 5.69 Å². The highest BCUT2D eigenvalue weighted by Gasteiger charge is 2.57. The van der Waals surface area contributed by atoms with E-state index in [4.69, 9.17) is 4.42 Å². The minimum Gasteiger partial charge on any atom is -0.463 e. The summed E-state index contributed by atoms with van der Waals surface area (Å²) in [4.78, 5) is 55.2. The van der Waals surface area contributed by atoms with Gasteiger partial charge < -0.3 is 9.52 Å². The van der Waals surface area contributed by atoms with Crippen molar-refractivity contribution in [2.24, 2.45) is 17.8 Å². The van der Waals surface area contributed by atoms with Gasteiger partial charge in [-0.05, 0) is 68.0 Å². The van der Waals surface area contributed by atoms with Crippen LogP contribution in [-0.4, -0.2) is 28.5 Å². The molecule has 0 radical (unpaired) electrons. The number of furan rings is 1. The van der Waals surface area contributed by atoms with Crippen molar-refractivity contribution in [2.75, 3.05) is 4.90 Å². The van der Waals surface area contributed by atoms with Crippen LogP contribution in [0.2, 0.25) is 0 Å². The van der Waals surface area contributed by atoms with Gasteiger partial charge in [0.25, 0.3) is 0 Å². The average Bonchev–Trinajstić information content (AvgIpc) is 3.48. The van der Waals surface area contributed by atoms with Crippen molar-refractivity contribution in [2.45, 2.75) is 45.6 Å². The molecule has 1 aromatic carbocycles. The lowest BCUT2D eigenvalue weighted by Crippen LogP contribution is -2.39. The van der Waals surface area contributed by atoms with Crippen molar-refractivity contribution < 1.29 is 28.7 Å². The maximum Gasteiger partial charge on any atom is 0.238 e. The monoisotopic (exact) mass is 497 g/mol. The Bertz CT molecular complexity index is 1450. The van der Waals surface area contributed by atoms with Crippen LogP contribution >= 0.6 is 0 Å². The summed E-state index contributed by atoms with van der Waals surface area (Å²) in [5.74, 6) is -2.36. The SMILES string of the molecule is CCc1ccc(N2C(=O)[C@H]3[C@H](CC=C4[C@H](c5ccc(CO)o5)C5=C(C[C@H]43)C(=O)C(C)=CC5=O)C2=O)cc1. The van der Waals surface area contributed by atoms with Crippen molar-refractivity contribution in [3.63, 3.8) is 0 Å². The third-order valence-electron chi connectivity index (χ3n) is 8.29. The number of fused-ring (bicyclic) bond motifs is 3. The average molecular weight is 498 g/mol. The van der Waals surface area contributed by atoms with Gasteiger partial charge in [-0.15, -0.1) is 0 Å². The third-order valence-corrected chi connectivity index (χ3v) is 8.29. The number of allylic oxidation sites excluding steroid dienone is 6. The van der Waals surface area contributed by atoms with Gasteiger partial charge in [-0.3, -0.25) is 24.1 Å². The summed E-state index contributed by atoms with van der Waals surface area (Å²) in [5, 5.41) is 9.56. The first-order chi connectivity index (χ1) is 17.8. The minimum absolute atomic E-state index is 0.210. The number of carbonyl (C=O) groups excluding carboxylic acids is 4. The number of aryl methyl sites for hydroxylation is 1. The molecule has 6 rings (SSSR count). The van der Waals surface area contributed by atoms with E-state index in [0.717, 1.165) is 17.6 Å². The summed E-state index contributed by atoms with van der Waals surface area (Å²) in [5.41, 5.74) is 3.63. The highest BCUT2D eigenvalue weighted by atomic mass is 16.4. The van der Waals surface area contributed by atoms with Gasteiger partial charge in [-0.1, -0.05) is 30.7 Å². The van der Waals surface area contributed by atoms with E-state index in [9.17, 15) is 24.3 Å². The minimum atomic E-state index is -0.642. The first-order valence-corrected chi connectivity index (χ1v) is 12.7. The molecule has 1 aliphatic heterocycles. The predicted molar refractivity (Wildman–Crippen MR) is 134 cm³/mol. The smallest absolute Gasteiger partial charge is 0.238 e. The zero-order valence-electron chi connectivity index (χ0n) is 20.7. The maximum absolute atomic E-state index is 13.9. The van der Waals surface area contributed by atoms with E-state index < -0.39 is 23.7 Å². The number of rotatable bonds is 4. The summed E-state index contributed by atoms with van der Waals surface area (Å²) in [6, 6.07) is 10.8. The van der Waals surface area contributed by atoms with E-state index >= 15 is 0 Å². The Hall–Kier alpha value is -3.84. The Labute approximate surface area is 214 Å². The summed E-state index contributed by atoms with van der Waals surface area (Å²) < 4.78 is 5.88. The van der Waals surface area contributed by atoms with Gasteiger partial charge in [0.1, 0.15) is 18.1 Å². The lowest BCUT2D eigenvalue weighted by Gasteiger charge is -2.41. The second-order valence-corrected chi connectivity index (χ2v) is 10.2. The number of aliphatic hydroxyl groups is 1. The van der Waals surface area contributed by atoms with Gasteiger partial charge >= 0.3 is 0 Å². The van der Waals surface area contributed by atoms with Crippen LogP contribution in [0.25, 0.3) is 0 Å². The van der Waals surface area contributed by atoms with Crippen LogP contribution in [0.1, 0.15) is 49.7 Å². The largest absolute Gasteiger partial charge is 0.463 e. The fourth-order valence-electron chi connectivity index (χ4n) is 6.48. The topological polar surface area (TPSA) is 105 Å². The summed E-state index contributed by atoms with van der Waals surface area (Å²) >= 11 is 0. The molecule has 0 unspecified atom stereocenters. The lowest BCUT2D eigenvalue weighted by molar-refractivity contribution is -0.123. The van der Waals surface area contributed by atoms with Gasteiger partial charge in [0.2, 0.25) is 11.8 Å². The quantitative estimate of drug-likeness (QED) is 0.389. The molecule has 0 bridgehead atoms. The molecular formula is C30H27NO6. The number of benzene rings is 1. The number of amides is 2. The van der Waals surface area contributed by atoms with Crippen molar-refractivity contribution in [1.82, 2.24) is 0 Å². The molecule has 1 fully saturated rings.